The minimum absolute atomic E-state index is 0.305. The standard InChI is InChI=1S/C24H32O4/c25-21(17-4-2-1-3-5-17)13-12-20-19(22-14-15-23(20)28-22)11-8-16-6-9-18(10-7-16)24(26)27/h6-7,9-10,12-13,17,19-23,25H,1-5,8,11,14-15H2,(H,26,27)/b13-12+/t19-,20-,21?,22+,23-/m1/s1. The van der Waals surface area contributed by atoms with Gasteiger partial charge in [0.1, 0.15) is 0 Å². The van der Waals surface area contributed by atoms with Crippen molar-refractivity contribution in [2.45, 2.75) is 76.1 Å². The first-order valence-corrected chi connectivity index (χ1v) is 11.0. The molecule has 2 bridgehead atoms. The third-order valence-electron chi connectivity index (χ3n) is 7.12. The number of aliphatic hydroxyl groups excluding tert-OH is 1. The Labute approximate surface area is 167 Å². The number of aliphatic hydroxyl groups is 1. The van der Waals surface area contributed by atoms with E-state index >= 15 is 0 Å². The van der Waals surface area contributed by atoms with Gasteiger partial charge in [-0.15, -0.1) is 0 Å². The van der Waals surface area contributed by atoms with Gasteiger partial charge in [0.15, 0.2) is 0 Å². The predicted molar refractivity (Wildman–Crippen MR) is 108 cm³/mol. The molecule has 2 saturated heterocycles. The average molecular weight is 385 g/mol. The number of hydrogen-bond acceptors (Lipinski definition) is 3. The summed E-state index contributed by atoms with van der Waals surface area (Å²) >= 11 is 0. The molecule has 1 saturated carbocycles. The van der Waals surface area contributed by atoms with Gasteiger partial charge in [-0.2, -0.15) is 0 Å². The zero-order valence-corrected chi connectivity index (χ0v) is 16.5. The minimum Gasteiger partial charge on any atom is -0.478 e. The number of hydrogen-bond donors (Lipinski definition) is 2. The Morgan fingerprint density at radius 3 is 2.50 bits per heavy atom. The molecule has 0 aromatic heterocycles. The molecule has 0 amide bonds. The van der Waals surface area contributed by atoms with Crippen LogP contribution in [0.1, 0.15) is 67.3 Å². The topological polar surface area (TPSA) is 66.8 Å². The summed E-state index contributed by atoms with van der Waals surface area (Å²) in [4.78, 5) is 11.0. The molecule has 1 aromatic carbocycles. The molecule has 4 rings (SSSR count). The number of benzene rings is 1. The van der Waals surface area contributed by atoms with E-state index in [0.717, 1.165) is 38.5 Å². The van der Waals surface area contributed by atoms with Gasteiger partial charge in [-0.05, 0) is 68.1 Å². The van der Waals surface area contributed by atoms with E-state index in [1.54, 1.807) is 12.1 Å². The van der Waals surface area contributed by atoms with Crippen molar-refractivity contribution in [2.24, 2.45) is 17.8 Å². The SMILES string of the molecule is O=C(O)c1ccc(CC[C@@H]2[C@@H](/C=C/C(O)C3CCCCC3)[C@H]3CC[C@@H]2O3)cc1. The molecule has 0 radical (unpaired) electrons. The van der Waals surface area contributed by atoms with E-state index in [0.29, 0.717) is 35.5 Å². The largest absolute Gasteiger partial charge is 0.478 e. The summed E-state index contributed by atoms with van der Waals surface area (Å²) in [7, 11) is 0. The van der Waals surface area contributed by atoms with Crippen molar-refractivity contribution in [1.29, 1.82) is 0 Å². The summed E-state index contributed by atoms with van der Waals surface area (Å²) in [6.07, 6.45) is 15.0. The van der Waals surface area contributed by atoms with Crippen LogP contribution in [0.4, 0.5) is 0 Å². The lowest BCUT2D eigenvalue weighted by Gasteiger charge is -2.27. The molecule has 3 aliphatic rings. The maximum absolute atomic E-state index is 11.0. The summed E-state index contributed by atoms with van der Waals surface area (Å²) in [5, 5.41) is 19.6. The van der Waals surface area contributed by atoms with Crippen LogP contribution in [0.5, 0.6) is 0 Å². The van der Waals surface area contributed by atoms with Gasteiger partial charge in [-0.25, -0.2) is 4.79 Å². The van der Waals surface area contributed by atoms with E-state index < -0.39 is 5.97 Å². The van der Waals surface area contributed by atoms with Crippen molar-refractivity contribution >= 4 is 5.97 Å². The molecule has 2 aliphatic heterocycles. The van der Waals surface area contributed by atoms with Crippen LogP contribution in [0.3, 0.4) is 0 Å². The van der Waals surface area contributed by atoms with Gasteiger partial charge in [-0.1, -0.05) is 43.5 Å². The third-order valence-corrected chi connectivity index (χ3v) is 7.12. The molecule has 2 N–H and O–H groups in total. The van der Waals surface area contributed by atoms with Gasteiger partial charge in [0, 0.05) is 5.92 Å². The quantitative estimate of drug-likeness (QED) is 0.674. The molecule has 2 heterocycles. The number of rotatable bonds is 7. The second-order valence-electron chi connectivity index (χ2n) is 8.85. The van der Waals surface area contributed by atoms with Crippen molar-refractivity contribution in [1.82, 2.24) is 0 Å². The first-order chi connectivity index (χ1) is 13.6. The van der Waals surface area contributed by atoms with Gasteiger partial charge < -0.3 is 14.9 Å². The molecule has 4 heteroatoms. The maximum atomic E-state index is 11.0. The summed E-state index contributed by atoms with van der Waals surface area (Å²) in [5.41, 5.74) is 1.52. The predicted octanol–water partition coefficient (Wildman–Crippen LogP) is 4.61. The molecular weight excluding hydrogens is 352 g/mol. The van der Waals surface area contributed by atoms with Crippen LogP contribution >= 0.6 is 0 Å². The Balaban J connectivity index is 1.36. The summed E-state index contributed by atoms with van der Waals surface area (Å²) in [5.74, 6) is 0.438. The Morgan fingerprint density at radius 2 is 1.79 bits per heavy atom. The summed E-state index contributed by atoms with van der Waals surface area (Å²) in [6, 6.07) is 7.23. The van der Waals surface area contributed by atoms with Gasteiger partial charge in [0.2, 0.25) is 0 Å². The molecule has 5 atom stereocenters. The fourth-order valence-electron chi connectivity index (χ4n) is 5.48. The van der Waals surface area contributed by atoms with Crippen LogP contribution in [0, 0.1) is 17.8 Å². The normalized spacial score (nSPS) is 31.5. The highest BCUT2D eigenvalue weighted by Crippen LogP contribution is 2.46. The molecule has 4 nitrogen and oxygen atoms in total. The maximum Gasteiger partial charge on any atom is 0.335 e. The molecule has 152 valence electrons. The first kappa shape index (κ1) is 19.7. The number of aryl methyl sites for hydroxylation is 1. The zero-order chi connectivity index (χ0) is 19.5. The highest BCUT2D eigenvalue weighted by Gasteiger charge is 2.47. The van der Waals surface area contributed by atoms with Crippen molar-refractivity contribution < 1.29 is 19.7 Å². The van der Waals surface area contributed by atoms with Crippen molar-refractivity contribution in [3.63, 3.8) is 0 Å². The fourth-order valence-corrected chi connectivity index (χ4v) is 5.48. The molecule has 28 heavy (non-hydrogen) atoms. The number of aromatic carboxylic acids is 1. The second kappa shape index (κ2) is 8.79. The van der Waals surface area contributed by atoms with Gasteiger partial charge in [0.25, 0.3) is 0 Å². The molecule has 1 aromatic rings. The Morgan fingerprint density at radius 1 is 1.07 bits per heavy atom. The van der Waals surface area contributed by atoms with E-state index in [-0.39, 0.29) is 6.10 Å². The van der Waals surface area contributed by atoms with E-state index in [2.05, 4.69) is 12.2 Å². The summed E-state index contributed by atoms with van der Waals surface area (Å²) < 4.78 is 6.20. The Hall–Kier alpha value is -1.65. The lowest BCUT2D eigenvalue weighted by atomic mass is 9.75. The monoisotopic (exact) mass is 384 g/mol. The van der Waals surface area contributed by atoms with Crippen LogP contribution in [0.2, 0.25) is 0 Å². The number of ether oxygens (including phenoxy) is 1. The van der Waals surface area contributed by atoms with E-state index in [4.69, 9.17) is 9.84 Å². The van der Waals surface area contributed by atoms with Crippen LogP contribution in [-0.2, 0) is 11.2 Å². The Bertz CT molecular complexity index is 689. The van der Waals surface area contributed by atoms with Crippen LogP contribution in [0.25, 0.3) is 0 Å². The first-order valence-electron chi connectivity index (χ1n) is 11.0. The highest BCUT2D eigenvalue weighted by atomic mass is 16.5. The van der Waals surface area contributed by atoms with Crippen molar-refractivity contribution in [2.75, 3.05) is 0 Å². The smallest absolute Gasteiger partial charge is 0.335 e. The fraction of sp³-hybridized carbons (Fsp3) is 0.625. The van der Waals surface area contributed by atoms with Crippen LogP contribution in [-0.4, -0.2) is 34.5 Å². The third kappa shape index (κ3) is 4.33. The molecule has 0 spiro atoms. The highest BCUT2D eigenvalue weighted by molar-refractivity contribution is 5.87. The molecular formula is C24H32O4. The molecule has 1 aliphatic carbocycles. The number of carbonyl (C=O) groups is 1. The molecule has 1 unspecified atom stereocenters. The van der Waals surface area contributed by atoms with Crippen LogP contribution in [0.15, 0.2) is 36.4 Å². The van der Waals surface area contributed by atoms with E-state index in [1.165, 1.54) is 24.8 Å². The number of fused-ring (bicyclic) bond motifs is 2. The minimum atomic E-state index is -0.880. The molecule has 3 fully saturated rings. The summed E-state index contributed by atoms with van der Waals surface area (Å²) in [6.45, 7) is 0. The number of carboxylic acids is 1. The second-order valence-corrected chi connectivity index (χ2v) is 8.85. The Kier molecular flexibility index (Phi) is 6.17. The van der Waals surface area contributed by atoms with Crippen LogP contribution < -0.4 is 0 Å². The van der Waals surface area contributed by atoms with Gasteiger partial charge in [-0.3, -0.25) is 0 Å². The van der Waals surface area contributed by atoms with E-state index in [1.807, 2.05) is 12.1 Å². The zero-order valence-electron chi connectivity index (χ0n) is 16.5. The lowest BCUT2D eigenvalue weighted by Crippen LogP contribution is -2.27. The van der Waals surface area contributed by atoms with Gasteiger partial charge >= 0.3 is 5.97 Å². The lowest BCUT2D eigenvalue weighted by molar-refractivity contribution is 0.0696. The average Bonchev–Trinajstić information content (AvgIpc) is 3.33. The van der Waals surface area contributed by atoms with Crippen molar-refractivity contribution in [3.8, 4) is 0 Å². The van der Waals surface area contributed by atoms with Gasteiger partial charge in [0.05, 0.1) is 23.9 Å². The van der Waals surface area contributed by atoms with E-state index in [9.17, 15) is 9.90 Å². The van der Waals surface area contributed by atoms with Crippen molar-refractivity contribution in [3.05, 3.63) is 47.5 Å². The number of carboxylic acid groups (broad SMARTS) is 1.